The van der Waals surface area contributed by atoms with E-state index in [1.807, 2.05) is 20.9 Å². The molecule has 0 radical (unpaired) electrons. The molecule has 0 aromatic carbocycles. The number of aliphatic hydroxyl groups excluding tert-OH is 1. The van der Waals surface area contributed by atoms with Gasteiger partial charge in [0.05, 0.1) is 32.5 Å². The molecule has 0 bridgehead atoms. The molecule has 0 aromatic rings. The van der Waals surface area contributed by atoms with Gasteiger partial charge in [-0.3, -0.25) is 0 Å². The van der Waals surface area contributed by atoms with Gasteiger partial charge >= 0.3 is 0 Å². The van der Waals surface area contributed by atoms with Crippen molar-refractivity contribution in [2.24, 2.45) is 0 Å². The molecule has 4 heteroatoms. The number of ether oxygens (including phenoxy) is 2. The van der Waals surface area contributed by atoms with Crippen LogP contribution in [0, 0.1) is 0 Å². The molecule has 86 valence electrons. The average molecular weight is 205 g/mol. The van der Waals surface area contributed by atoms with Gasteiger partial charge in [-0.05, 0) is 20.9 Å². The fourth-order valence-corrected chi connectivity index (χ4v) is 0.943. The Labute approximate surface area is 86.8 Å². The van der Waals surface area contributed by atoms with E-state index in [1.165, 1.54) is 0 Å². The van der Waals surface area contributed by atoms with Crippen molar-refractivity contribution in [1.29, 1.82) is 0 Å². The number of nitrogens with zero attached hydrogens (tertiary/aromatic N) is 1. The Morgan fingerprint density at radius 3 is 2.36 bits per heavy atom. The minimum Gasteiger partial charge on any atom is -0.394 e. The largest absolute Gasteiger partial charge is 0.394 e. The zero-order valence-electron chi connectivity index (χ0n) is 9.53. The van der Waals surface area contributed by atoms with Crippen LogP contribution in [0.5, 0.6) is 0 Å². The standard InChI is InChI=1S/C10H23NO3/c1-10(2)14-8-5-11(3)4-7-13-9-6-12/h10,12H,4-9H2,1-3H3. The van der Waals surface area contributed by atoms with Gasteiger partial charge in [0.2, 0.25) is 0 Å². The maximum Gasteiger partial charge on any atom is 0.0698 e. The topological polar surface area (TPSA) is 41.9 Å². The molecule has 0 amide bonds. The Bertz CT molecular complexity index is 120. The van der Waals surface area contributed by atoms with Crippen LogP contribution in [0.15, 0.2) is 0 Å². The first-order valence-electron chi connectivity index (χ1n) is 5.15. The third-order valence-electron chi connectivity index (χ3n) is 1.78. The van der Waals surface area contributed by atoms with Crippen molar-refractivity contribution in [3.8, 4) is 0 Å². The summed E-state index contributed by atoms with van der Waals surface area (Å²) in [4.78, 5) is 2.15. The van der Waals surface area contributed by atoms with E-state index in [-0.39, 0.29) is 6.61 Å². The van der Waals surface area contributed by atoms with Crippen molar-refractivity contribution in [2.75, 3.05) is 46.6 Å². The summed E-state index contributed by atoms with van der Waals surface area (Å²) in [6.07, 6.45) is 0.300. The molecule has 0 fully saturated rings. The van der Waals surface area contributed by atoms with Crippen LogP contribution in [-0.4, -0.2) is 62.7 Å². The lowest BCUT2D eigenvalue weighted by Crippen LogP contribution is -2.28. The summed E-state index contributed by atoms with van der Waals surface area (Å²) in [5, 5.41) is 8.48. The van der Waals surface area contributed by atoms with E-state index in [1.54, 1.807) is 0 Å². The first-order valence-corrected chi connectivity index (χ1v) is 5.15. The molecule has 0 heterocycles. The quantitative estimate of drug-likeness (QED) is 0.552. The zero-order chi connectivity index (χ0) is 10.8. The summed E-state index contributed by atoms with van der Waals surface area (Å²) in [5.74, 6) is 0. The summed E-state index contributed by atoms with van der Waals surface area (Å²) >= 11 is 0. The minimum atomic E-state index is 0.0974. The molecule has 0 atom stereocenters. The third-order valence-corrected chi connectivity index (χ3v) is 1.78. The maximum absolute atomic E-state index is 8.48. The fraction of sp³-hybridized carbons (Fsp3) is 1.00. The van der Waals surface area contributed by atoms with Gasteiger partial charge in [0.1, 0.15) is 0 Å². The number of likely N-dealkylation sites (N-methyl/N-ethyl adjacent to an activating group) is 1. The molecule has 0 aliphatic rings. The summed E-state index contributed by atoms with van der Waals surface area (Å²) < 4.78 is 10.6. The predicted molar refractivity (Wildman–Crippen MR) is 56.5 cm³/mol. The highest BCUT2D eigenvalue weighted by molar-refractivity contribution is 4.50. The highest BCUT2D eigenvalue weighted by Crippen LogP contribution is 1.89. The lowest BCUT2D eigenvalue weighted by molar-refractivity contribution is 0.0484. The first-order chi connectivity index (χ1) is 6.66. The van der Waals surface area contributed by atoms with E-state index >= 15 is 0 Å². The summed E-state index contributed by atoms with van der Waals surface area (Å²) in [6.45, 7) is 7.81. The fourth-order valence-electron chi connectivity index (χ4n) is 0.943. The third kappa shape index (κ3) is 9.92. The van der Waals surface area contributed by atoms with Gasteiger partial charge in [0, 0.05) is 13.1 Å². The van der Waals surface area contributed by atoms with Gasteiger partial charge in [0.15, 0.2) is 0 Å². The van der Waals surface area contributed by atoms with E-state index in [0.29, 0.717) is 19.3 Å². The normalized spacial score (nSPS) is 11.6. The van der Waals surface area contributed by atoms with Gasteiger partial charge in [0.25, 0.3) is 0 Å². The van der Waals surface area contributed by atoms with Crippen LogP contribution in [0.2, 0.25) is 0 Å². The van der Waals surface area contributed by atoms with Crippen LogP contribution in [0.4, 0.5) is 0 Å². The van der Waals surface area contributed by atoms with Gasteiger partial charge < -0.3 is 19.5 Å². The molecule has 0 aromatic heterocycles. The molecule has 0 rings (SSSR count). The summed E-state index contributed by atoms with van der Waals surface area (Å²) in [7, 11) is 2.03. The summed E-state index contributed by atoms with van der Waals surface area (Å²) in [6, 6.07) is 0. The van der Waals surface area contributed by atoms with Crippen LogP contribution >= 0.6 is 0 Å². The van der Waals surface area contributed by atoms with Gasteiger partial charge in [-0.25, -0.2) is 0 Å². The van der Waals surface area contributed by atoms with Crippen LogP contribution in [-0.2, 0) is 9.47 Å². The molecule has 0 unspecified atom stereocenters. The molecule has 0 aliphatic heterocycles. The highest BCUT2D eigenvalue weighted by Gasteiger charge is 1.99. The first kappa shape index (κ1) is 13.8. The van der Waals surface area contributed by atoms with Crippen molar-refractivity contribution in [3.63, 3.8) is 0 Å². The van der Waals surface area contributed by atoms with Gasteiger partial charge in [-0.2, -0.15) is 0 Å². The van der Waals surface area contributed by atoms with Crippen LogP contribution in [0.1, 0.15) is 13.8 Å². The molecule has 0 saturated carbocycles. The van der Waals surface area contributed by atoms with Crippen molar-refractivity contribution >= 4 is 0 Å². The van der Waals surface area contributed by atoms with Crippen molar-refractivity contribution in [2.45, 2.75) is 20.0 Å². The molecule has 0 aliphatic carbocycles. The second-order valence-corrected chi connectivity index (χ2v) is 3.56. The lowest BCUT2D eigenvalue weighted by Gasteiger charge is -2.17. The number of hydrogen-bond acceptors (Lipinski definition) is 4. The SMILES string of the molecule is CC(C)OCCN(C)CCOCCO. The second-order valence-electron chi connectivity index (χ2n) is 3.56. The number of hydrogen-bond donors (Lipinski definition) is 1. The van der Waals surface area contributed by atoms with Crippen molar-refractivity contribution in [3.05, 3.63) is 0 Å². The highest BCUT2D eigenvalue weighted by atomic mass is 16.5. The molecule has 0 spiro atoms. The van der Waals surface area contributed by atoms with E-state index < -0.39 is 0 Å². The summed E-state index contributed by atoms with van der Waals surface area (Å²) in [5.41, 5.74) is 0. The van der Waals surface area contributed by atoms with E-state index in [9.17, 15) is 0 Å². The number of rotatable bonds is 9. The van der Waals surface area contributed by atoms with Crippen LogP contribution in [0.3, 0.4) is 0 Å². The van der Waals surface area contributed by atoms with E-state index in [2.05, 4.69) is 4.90 Å². The number of aliphatic hydroxyl groups is 1. The monoisotopic (exact) mass is 205 g/mol. The Balaban J connectivity index is 3.15. The molecular formula is C10H23NO3. The Hall–Kier alpha value is -0.160. The Morgan fingerprint density at radius 1 is 1.14 bits per heavy atom. The van der Waals surface area contributed by atoms with Crippen LogP contribution < -0.4 is 0 Å². The molecule has 1 N–H and O–H groups in total. The Morgan fingerprint density at radius 2 is 1.79 bits per heavy atom. The van der Waals surface area contributed by atoms with Crippen molar-refractivity contribution in [1.82, 2.24) is 4.90 Å². The van der Waals surface area contributed by atoms with Gasteiger partial charge in [-0.1, -0.05) is 0 Å². The zero-order valence-corrected chi connectivity index (χ0v) is 9.53. The van der Waals surface area contributed by atoms with E-state index in [0.717, 1.165) is 19.7 Å². The molecule has 0 saturated heterocycles. The van der Waals surface area contributed by atoms with Crippen molar-refractivity contribution < 1.29 is 14.6 Å². The Kier molecular flexibility index (Phi) is 9.29. The molecule has 4 nitrogen and oxygen atoms in total. The maximum atomic E-state index is 8.48. The van der Waals surface area contributed by atoms with Gasteiger partial charge in [-0.15, -0.1) is 0 Å². The lowest BCUT2D eigenvalue weighted by atomic mass is 10.5. The van der Waals surface area contributed by atoms with Crippen LogP contribution in [0.25, 0.3) is 0 Å². The molecule has 14 heavy (non-hydrogen) atoms. The minimum absolute atomic E-state index is 0.0974. The van der Waals surface area contributed by atoms with E-state index in [4.69, 9.17) is 14.6 Å². The smallest absolute Gasteiger partial charge is 0.0698 e. The predicted octanol–water partition coefficient (Wildman–Crippen LogP) is 0.352. The molecular weight excluding hydrogens is 182 g/mol. The second kappa shape index (κ2) is 9.40. The average Bonchev–Trinajstić information content (AvgIpc) is 2.12.